The van der Waals surface area contributed by atoms with Crippen LogP contribution in [0.25, 0.3) is 11.3 Å². The Kier molecular flexibility index (Phi) is 3.24. The van der Waals surface area contributed by atoms with Crippen molar-refractivity contribution in [3.05, 3.63) is 66.4 Å². The first-order valence-electron chi connectivity index (χ1n) is 6.16. The number of benzene rings is 2. The molecular formula is C15H12N4O. The number of amides is 1. The second kappa shape index (κ2) is 5.36. The van der Waals surface area contributed by atoms with Gasteiger partial charge in [0, 0.05) is 16.8 Å². The lowest BCUT2D eigenvalue weighted by Crippen LogP contribution is -2.13. The number of aromatic amines is 1. The monoisotopic (exact) mass is 264 g/mol. The van der Waals surface area contributed by atoms with Crippen molar-refractivity contribution >= 4 is 11.6 Å². The molecule has 0 saturated carbocycles. The molecule has 0 spiro atoms. The van der Waals surface area contributed by atoms with Crippen molar-refractivity contribution < 1.29 is 4.79 Å². The molecule has 1 heterocycles. The molecule has 0 aliphatic carbocycles. The lowest BCUT2D eigenvalue weighted by Gasteiger charge is -2.08. The van der Waals surface area contributed by atoms with Crippen LogP contribution < -0.4 is 5.32 Å². The van der Waals surface area contributed by atoms with Crippen LogP contribution in [0.4, 0.5) is 5.69 Å². The van der Waals surface area contributed by atoms with Crippen molar-refractivity contribution in [1.29, 1.82) is 0 Å². The van der Waals surface area contributed by atoms with Crippen LogP contribution in [0, 0.1) is 0 Å². The van der Waals surface area contributed by atoms with Crippen molar-refractivity contribution in [2.45, 2.75) is 0 Å². The van der Waals surface area contributed by atoms with E-state index >= 15 is 0 Å². The SMILES string of the molecule is O=C(Nc1ccccc1)c1ccccc1-c1cn[nH]n1. The van der Waals surface area contributed by atoms with E-state index in [9.17, 15) is 4.79 Å². The Morgan fingerprint density at radius 3 is 2.50 bits per heavy atom. The van der Waals surface area contributed by atoms with Crippen LogP contribution in [0.5, 0.6) is 0 Å². The van der Waals surface area contributed by atoms with Gasteiger partial charge < -0.3 is 5.32 Å². The summed E-state index contributed by atoms with van der Waals surface area (Å²) in [5.41, 5.74) is 2.70. The number of aromatic nitrogens is 3. The van der Waals surface area contributed by atoms with E-state index in [4.69, 9.17) is 0 Å². The van der Waals surface area contributed by atoms with Crippen LogP contribution in [-0.2, 0) is 0 Å². The van der Waals surface area contributed by atoms with Crippen LogP contribution in [0.3, 0.4) is 0 Å². The number of carbonyl (C=O) groups is 1. The first kappa shape index (κ1) is 12.1. The lowest BCUT2D eigenvalue weighted by atomic mass is 10.0. The average Bonchev–Trinajstić information content (AvgIpc) is 3.02. The van der Waals surface area contributed by atoms with Crippen LogP contribution in [0.2, 0.25) is 0 Å². The van der Waals surface area contributed by atoms with Gasteiger partial charge in [-0.1, -0.05) is 36.4 Å². The molecule has 0 radical (unpaired) electrons. The van der Waals surface area contributed by atoms with Gasteiger partial charge in [0.1, 0.15) is 5.69 Å². The number of rotatable bonds is 3. The van der Waals surface area contributed by atoms with Gasteiger partial charge in [0.2, 0.25) is 0 Å². The molecule has 0 aliphatic heterocycles. The molecule has 3 rings (SSSR count). The molecule has 0 fully saturated rings. The highest BCUT2D eigenvalue weighted by molar-refractivity contribution is 6.08. The topological polar surface area (TPSA) is 70.7 Å². The van der Waals surface area contributed by atoms with Crippen molar-refractivity contribution in [1.82, 2.24) is 15.4 Å². The number of hydrogen-bond donors (Lipinski definition) is 2. The van der Waals surface area contributed by atoms with Crippen molar-refractivity contribution in [3.8, 4) is 11.3 Å². The van der Waals surface area contributed by atoms with Gasteiger partial charge in [0.25, 0.3) is 5.91 Å². The van der Waals surface area contributed by atoms with Crippen LogP contribution in [0.1, 0.15) is 10.4 Å². The third kappa shape index (κ3) is 2.42. The highest BCUT2D eigenvalue weighted by atomic mass is 16.1. The largest absolute Gasteiger partial charge is 0.322 e. The molecule has 5 heteroatoms. The summed E-state index contributed by atoms with van der Waals surface area (Å²) in [4.78, 5) is 12.4. The molecule has 98 valence electrons. The number of H-pyrrole nitrogens is 1. The van der Waals surface area contributed by atoms with Crippen molar-refractivity contribution in [2.75, 3.05) is 5.32 Å². The summed E-state index contributed by atoms with van der Waals surface area (Å²) >= 11 is 0. The van der Waals surface area contributed by atoms with Gasteiger partial charge in [-0.3, -0.25) is 4.79 Å². The number of carbonyl (C=O) groups excluding carboxylic acids is 1. The minimum Gasteiger partial charge on any atom is -0.322 e. The Hall–Kier alpha value is -2.95. The predicted octanol–water partition coefficient (Wildman–Crippen LogP) is 2.72. The highest BCUT2D eigenvalue weighted by Crippen LogP contribution is 2.21. The summed E-state index contributed by atoms with van der Waals surface area (Å²) in [5.74, 6) is -0.171. The zero-order valence-electron chi connectivity index (χ0n) is 10.6. The van der Waals surface area contributed by atoms with Gasteiger partial charge in [0.05, 0.1) is 6.20 Å². The van der Waals surface area contributed by atoms with Crippen molar-refractivity contribution in [2.24, 2.45) is 0 Å². The third-order valence-corrected chi connectivity index (χ3v) is 2.89. The molecule has 2 N–H and O–H groups in total. The smallest absolute Gasteiger partial charge is 0.256 e. The molecule has 0 aliphatic rings. The number of hydrogen-bond acceptors (Lipinski definition) is 3. The van der Waals surface area contributed by atoms with Gasteiger partial charge in [-0.2, -0.15) is 15.4 Å². The Bertz CT molecular complexity index is 708. The van der Waals surface area contributed by atoms with Gasteiger partial charge in [0.15, 0.2) is 0 Å². The van der Waals surface area contributed by atoms with Crippen LogP contribution in [-0.4, -0.2) is 21.3 Å². The Labute approximate surface area is 115 Å². The lowest BCUT2D eigenvalue weighted by molar-refractivity contribution is 0.102. The van der Waals surface area contributed by atoms with Gasteiger partial charge in [-0.25, -0.2) is 0 Å². The molecule has 3 aromatic rings. The third-order valence-electron chi connectivity index (χ3n) is 2.89. The normalized spacial score (nSPS) is 10.2. The average molecular weight is 264 g/mol. The minimum atomic E-state index is -0.171. The fourth-order valence-electron chi connectivity index (χ4n) is 1.96. The van der Waals surface area contributed by atoms with Gasteiger partial charge >= 0.3 is 0 Å². The van der Waals surface area contributed by atoms with Crippen molar-refractivity contribution in [3.63, 3.8) is 0 Å². The summed E-state index contributed by atoms with van der Waals surface area (Å²) in [6.45, 7) is 0. The number of anilines is 1. The first-order chi connectivity index (χ1) is 9.84. The molecule has 20 heavy (non-hydrogen) atoms. The van der Waals surface area contributed by atoms with E-state index < -0.39 is 0 Å². The van der Waals surface area contributed by atoms with Crippen LogP contribution >= 0.6 is 0 Å². The van der Waals surface area contributed by atoms with E-state index in [0.29, 0.717) is 11.3 Å². The summed E-state index contributed by atoms with van der Waals surface area (Å²) in [6.07, 6.45) is 1.59. The van der Waals surface area contributed by atoms with E-state index in [1.807, 2.05) is 48.5 Å². The Balaban J connectivity index is 1.93. The van der Waals surface area contributed by atoms with E-state index in [1.54, 1.807) is 12.3 Å². The maximum atomic E-state index is 12.4. The molecule has 1 aromatic heterocycles. The molecule has 2 aromatic carbocycles. The molecule has 1 amide bonds. The maximum Gasteiger partial charge on any atom is 0.256 e. The molecule has 0 unspecified atom stereocenters. The fourth-order valence-corrected chi connectivity index (χ4v) is 1.96. The predicted molar refractivity (Wildman–Crippen MR) is 76.2 cm³/mol. The summed E-state index contributed by atoms with van der Waals surface area (Å²) < 4.78 is 0. The second-order valence-corrected chi connectivity index (χ2v) is 4.22. The van der Waals surface area contributed by atoms with E-state index in [-0.39, 0.29) is 5.91 Å². The first-order valence-corrected chi connectivity index (χ1v) is 6.16. The zero-order valence-corrected chi connectivity index (χ0v) is 10.6. The van der Waals surface area contributed by atoms with Gasteiger partial charge in [-0.15, -0.1) is 0 Å². The molecular weight excluding hydrogens is 252 g/mol. The number of para-hydroxylation sites is 1. The maximum absolute atomic E-state index is 12.4. The van der Waals surface area contributed by atoms with E-state index in [2.05, 4.69) is 20.7 Å². The second-order valence-electron chi connectivity index (χ2n) is 4.22. The van der Waals surface area contributed by atoms with E-state index in [0.717, 1.165) is 11.3 Å². The molecule has 0 saturated heterocycles. The Morgan fingerprint density at radius 2 is 1.75 bits per heavy atom. The molecule has 0 bridgehead atoms. The molecule has 0 atom stereocenters. The summed E-state index contributed by atoms with van der Waals surface area (Å²) in [6, 6.07) is 16.6. The minimum absolute atomic E-state index is 0.171. The number of nitrogens with one attached hydrogen (secondary N) is 2. The quantitative estimate of drug-likeness (QED) is 0.764. The zero-order chi connectivity index (χ0) is 13.8. The summed E-state index contributed by atoms with van der Waals surface area (Å²) in [7, 11) is 0. The fraction of sp³-hybridized carbons (Fsp3) is 0. The summed E-state index contributed by atoms with van der Waals surface area (Å²) in [5, 5.41) is 13.2. The van der Waals surface area contributed by atoms with Crippen LogP contribution in [0.15, 0.2) is 60.8 Å². The molecule has 5 nitrogen and oxygen atoms in total. The highest BCUT2D eigenvalue weighted by Gasteiger charge is 2.13. The number of nitrogens with zero attached hydrogens (tertiary/aromatic N) is 2. The van der Waals surface area contributed by atoms with E-state index in [1.165, 1.54) is 0 Å². The van der Waals surface area contributed by atoms with Gasteiger partial charge in [-0.05, 0) is 18.2 Å². The standard InChI is InChI=1S/C15H12N4O/c20-15(17-11-6-2-1-3-7-11)13-9-5-4-8-12(13)14-10-16-19-18-14/h1-10H,(H,17,20)(H,16,18,19). The Morgan fingerprint density at radius 1 is 1.00 bits per heavy atom.